The lowest BCUT2D eigenvalue weighted by molar-refractivity contribution is -0.184. The number of aliphatic hydroxyl groups is 1. The number of rotatable bonds is 4. The van der Waals surface area contributed by atoms with Gasteiger partial charge in [-0.25, -0.2) is 9.18 Å². The molecule has 0 spiro atoms. The molecule has 5 rings (SSSR count). The standard InChI is InChI=1S/C26H25FN4O5/c1-14-8-9-19(18(27)10-14)28-22-20-21(15(2)23(32)29(22)3)31(25(34)30(4)24(20)33)17-7-5-6-16(11-17)26(35)12-36-13-26/h5-11,28,35H,12-13H2,1-4H3. The van der Waals surface area contributed by atoms with Crippen LogP contribution >= 0.6 is 0 Å². The van der Waals surface area contributed by atoms with Gasteiger partial charge in [0, 0.05) is 19.7 Å². The molecule has 1 fully saturated rings. The molecule has 10 heteroatoms. The molecule has 0 saturated carbocycles. The van der Waals surface area contributed by atoms with Crippen molar-refractivity contribution < 1.29 is 14.2 Å². The Balaban J connectivity index is 1.86. The van der Waals surface area contributed by atoms with Gasteiger partial charge in [-0.3, -0.25) is 23.3 Å². The molecule has 9 nitrogen and oxygen atoms in total. The van der Waals surface area contributed by atoms with E-state index in [4.69, 9.17) is 4.74 Å². The maximum Gasteiger partial charge on any atom is 0.335 e. The molecule has 186 valence electrons. The van der Waals surface area contributed by atoms with Crippen molar-refractivity contribution in [1.29, 1.82) is 0 Å². The zero-order valence-electron chi connectivity index (χ0n) is 20.3. The highest BCUT2D eigenvalue weighted by Crippen LogP contribution is 2.31. The Kier molecular flexibility index (Phi) is 5.46. The van der Waals surface area contributed by atoms with Gasteiger partial charge < -0.3 is 15.2 Å². The minimum atomic E-state index is -1.18. The van der Waals surface area contributed by atoms with Crippen molar-refractivity contribution in [2.75, 3.05) is 18.5 Å². The average molecular weight is 493 g/mol. The van der Waals surface area contributed by atoms with Crippen LogP contribution in [0.3, 0.4) is 0 Å². The third-order valence-electron chi connectivity index (χ3n) is 6.71. The van der Waals surface area contributed by atoms with Gasteiger partial charge >= 0.3 is 5.69 Å². The van der Waals surface area contributed by atoms with E-state index in [0.29, 0.717) is 16.8 Å². The van der Waals surface area contributed by atoms with Crippen LogP contribution in [0.5, 0.6) is 0 Å². The summed E-state index contributed by atoms with van der Waals surface area (Å²) in [5.41, 5.74) is -0.962. The molecule has 0 radical (unpaired) electrons. The molecule has 2 aromatic carbocycles. The van der Waals surface area contributed by atoms with Crippen LogP contribution in [0, 0.1) is 19.7 Å². The summed E-state index contributed by atoms with van der Waals surface area (Å²) >= 11 is 0. The zero-order valence-corrected chi connectivity index (χ0v) is 20.3. The first-order valence-electron chi connectivity index (χ1n) is 11.3. The third kappa shape index (κ3) is 3.49. The number of pyridine rings is 1. The van der Waals surface area contributed by atoms with Crippen molar-refractivity contribution in [3.05, 3.63) is 96.2 Å². The van der Waals surface area contributed by atoms with E-state index in [1.54, 1.807) is 37.3 Å². The maximum absolute atomic E-state index is 14.7. The van der Waals surface area contributed by atoms with E-state index in [9.17, 15) is 23.9 Å². The number of nitrogens with one attached hydrogen (secondary N) is 1. The second-order valence-corrected chi connectivity index (χ2v) is 9.23. The number of aryl methyl sites for hydroxylation is 2. The van der Waals surface area contributed by atoms with Crippen LogP contribution in [0.25, 0.3) is 16.6 Å². The summed E-state index contributed by atoms with van der Waals surface area (Å²) in [6, 6.07) is 11.3. The molecule has 0 unspecified atom stereocenters. The van der Waals surface area contributed by atoms with Gasteiger partial charge in [0.25, 0.3) is 11.1 Å². The smallest absolute Gasteiger partial charge is 0.335 e. The molecule has 1 aliphatic rings. The maximum atomic E-state index is 14.7. The molecule has 1 aliphatic heterocycles. The van der Waals surface area contributed by atoms with Gasteiger partial charge in [0.1, 0.15) is 22.6 Å². The Morgan fingerprint density at radius 1 is 1.00 bits per heavy atom. The molecule has 2 N–H and O–H groups in total. The minimum absolute atomic E-state index is 0.0489. The molecule has 0 atom stereocenters. The second kappa shape index (κ2) is 8.28. The van der Waals surface area contributed by atoms with Crippen molar-refractivity contribution in [3.8, 4) is 5.69 Å². The summed E-state index contributed by atoms with van der Waals surface area (Å²) in [4.78, 5) is 40.1. The predicted octanol–water partition coefficient (Wildman–Crippen LogP) is 2.11. The normalized spacial score (nSPS) is 14.6. The summed E-state index contributed by atoms with van der Waals surface area (Å²) in [6.07, 6.45) is 0. The largest absolute Gasteiger partial charge is 0.380 e. The minimum Gasteiger partial charge on any atom is -0.380 e. The van der Waals surface area contributed by atoms with E-state index in [0.717, 1.165) is 4.57 Å². The van der Waals surface area contributed by atoms with E-state index in [-0.39, 0.29) is 41.2 Å². The molecule has 0 amide bonds. The van der Waals surface area contributed by atoms with Crippen molar-refractivity contribution in [1.82, 2.24) is 13.7 Å². The van der Waals surface area contributed by atoms with Gasteiger partial charge in [-0.1, -0.05) is 18.2 Å². The highest BCUT2D eigenvalue weighted by molar-refractivity contribution is 5.93. The first-order chi connectivity index (χ1) is 17.0. The van der Waals surface area contributed by atoms with Gasteiger partial charge in [0.2, 0.25) is 0 Å². The van der Waals surface area contributed by atoms with Crippen LogP contribution in [0.15, 0.2) is 56.8 Å². The highest BCUT2D eigenvalue weighted by atomic mass is 19.1. The van der Waals surface area contributed by atoms with Crippen molar-refractivity contribution in [3.63, 3.8) is 0 Å². The average Bonchev–Trinajstić information content (AvgIpc) is 2.83. The van der Waals surface area contributed by atoms with Crippen LogP contribution in [-0.2, 0) is 24.4 Å². The third-order valence-corrected chi connectivity index (χ3v) is 6.71. The summed E-state index contributed by atoms with van der Waals surface area (Å²) in [7, 11) is 2.82. The van der Waals surface area contributed by atoms with Crippen LogP contribution in [0.1, 0.15) is 16.7 Å². The lowest BCUT2D eigenvalue weighted by Crippen LogP contribution is -2.46. The fourth-order valence-corrected chi connectivity index (χ4v) is 4.54. The number of benzene rings is 2. The number of aromatic nitrogens is 3. The van der Waals surface area contributed by atoms with E-state index in [1.807, 2.05) is 0 Å². The van der Waals surface area contributed by atoms with Gasteiger partial charge in [0.05, 0.1) is 30.1 Å². The summed E-state index contributed by atoms with van der Waals surface area (Å²) in [6.45, 7) is 3.52. The topological polar surface area (TPSA) is 107 Å². The monoisotopic (exact) mass is 492 g/mol. The van der Waals surface area contributed by atoms with E-state index in [1.165, 1.54) is 42.3 Å². The van der Waals surface area contributed by atoms with Gasteiger partial charge in [0.15, 0.2) is 0 Å². The lowest BCUT2D eigenvalue weighted by atomic mass is 9.92. The molecular formula is C26H25FN4O5. The Bertz CT molecular complexity index is 1730. The molecule has 0 bridgehead atoms. The Labute approximate surface area is 204 Å². The molecule has 4 aromatic rings. The molecular weight excluding hydrogens is 467 g/mol. The number of hydrogen-bond donors (Lipinski definition) is 2. The molecule has 1 saturated heterocycles. The SMILES string of the molecule is Cc1ccc(Nc2c3c(=O)n(C)c(=O)n(-c4cccc(C5(O)COC5)c4)c3c(C)c(=O)n2C)c(F)c1. The number of halogens is 1. The predicted molar refractivity (Wildman–Crippen MR) is 134 cm³/mol. The molecule has 0 aliphatic carbocycles. The first kappa shape index (κ1) is 23.7. The molecule has 3 heterocycles. The second-order valence-electron chi connectivity index (χ2n) is 9.23. The van der Waals surface area contributed by atoms with Crippen LogP contribution < -0.4 is 22.1 Å². The number of anilines is 2. The van der Waals surface area contributed by atoms with Crippen LogP contribution in [-0.4, -0.2) is 32.0 Å². The Morgan fingerprint density at radius 3 is 2.36 bits per heavy atom. The molecule has 2 aromatic heterocycles. The summed E-state index contributed by atoms with van der Waals surface area (Å²) < 4.78 is 23.3. The number of ether oxygens (including phenoxy) is 1. The van der Waals surface area contributed by atoms with Gasteiger partial charge in [-0.05, 0) is 49.2 Å². The first-order valence-corrected chi connectivity index (χ1v) is 11.3. The summed E-state index contributed by atoms with van der Waals surface area (Å²) in [5, 5.41) is 13.7. The number of hydrogen-bond acceptors (Lipinski definition) is 6. The summed E-state index contributed by atoms with van der Waals surface area (Å²) in [5.74, 6) is -0.495. The Hall–Kier alpha value is -4.02. The van der Waals surface area contributed by atoms with Gasteiger partial charge in [-0.2, -0.15) is 0 Å². The van der Waals surface area contributed by atoms with E-state index in [2.05, 4.69) is 5.32 Å². The highest BCUT2D eigenvalue weighted by Gasteiger charge is 2.38. The van der Waals surface area contributed by atoms with Gasteiger partial charge in [-0.15, -0.1) is 0 Å². The lowest BCUT2D eigenvalue weighted by Gasteiger charge is -2.37. The number of nitrogens with zero attached hydrogens (tertiary/aromatic N) is 3. The van der Waals surface area contributed by atoms with Crippen LogP contribution in [0.4, 0.5) is 15.9 Å². The Morgan fingerprint density at radius 2 is 1.72 bits per heavy atom. The van der Waals surface area contributed by atoms with E-state index < -0.39 is 28.2 Å². The molecule has 36 heavy (non-hydrogen) atoms. The fraction of sp³-hybridized carbons (Fsp3) is 0.269. The fourth-order valence-electron chi connectivity index (χ4n) is 4.54. The van der Waals surface area contributed by atoms with Crippen molar-refractivity contribution in [2.45, 2.75) is 19.4 Å². The van der Waals surface area contributed by atoms with E-state index >= 15 is 0 Å². The van der Waals surface area contributed by atoms with Crippen molar-refractivity contribution in [2.24, 2.45) is 14.1 Å². The van der Waals surface area contributed by atoms with Crippen molar-refractivity contribution >= 4 is 22.4 Å². The van der Waals surface area contributed by atoms with Crippen LogP contribution in [0.2, 0.25) is 0 Å². The number of fused-ring (bicyclic) bond motifs is 1. The zero-order chi connectivity index (χ0) is 25.9. The quantitative estimate of drug-likeness (QED) is 0.452.